The summed E-state index contributed by atoms with van der Waals surface area (Å²) in [6.45, 7) is 4.00. The van der Waals surface area contributed by atoms with Crippen LogP contribution in [0.4, 0.5) is 0 Å². The first-order chi connectivity index (χ1) is 8.06. The topological polar surface area (TPSA) is 64.7 Å². The molecular formula is C13H21NO3. The maximum Gasteiger partial charge on any atom is 0.124 e. The minimum atomic E-state index is -0.461. The van der Waals surface area contributed by atoms with Crippen LogP contribution in [0.5, 0.6) is 11.5 Å². The van der Waals surface area contributed by atoms with E-state index >= 15 is 0 Å². The van der Waals surface area contributed by atoms with E-state index in [2.05, 4.69) is 13.8 Å². The largest absolute Gasteiger partial charge is 0.496 e. The van der Waals surface area contributed by atoms with Crippen LogP contribution in [0.1, 0.15) is 36.9 Å². The van der Waals surface area contributed by atoms with Gasteiger partial charge >= 0.3 is 0 Å². The Morgan fingerprint density at radius 3 is 1.94 bits per heavy atom. The van der Waals surface area contributed by atoms with Crippen molar-refractivity contribution in [3.8, 4) is 11.5 Å². The van der Waals surface area contributed by atoms with Gasteiger partial charge < -0.3 is 20.3 Å². The van der Waals surface area contributed by atoms with Crippen molar-refractivity contribution >= 4 is 0 Å². The summed E-state index contributed by atoms with van der Waals surface area (Å²) < 4.78 is 10.7. The van der Waals surface area contributed by atoms with E-state index in [0.29, 0.717) is 5.75 Å². The number of nitrogens with two attached hydrogens (primary N) is 1. The normalized spacial score (nSPS) is 12.6. The van der Waals surface area contributed by atoms with Crippen LogP contribution in [0.3, 0.4) is 0 Å². The van der Waals surface area contributed by atoms with Gasteiger partial charge in [-0.15, -0.1) is 0 Å². The number of benzene rings is 1. The summed E-state index contributed by atoms with van der Waals surface area (Å²) in [5.74, 6) is 1.71. The zero-order valence-corrected chi connectivity index (χ0v) is 10.9. The molecular weight excluding hydrogens is 218 g/mol. The van der Waals surface area contributed by atoms with Crippen molar-refractivity contribution in [3.05, 3.63) is 23.3 Å². The number of hydrogen-bond acceptors (Lipinski definition) is 4. The lowest BCUT2D eigenvalue weighted by molar-refractivity contribution is 0.263. The molecule has 1 rings (SSSR count). The van der Waals surface area contributed by atoms with Crippen molar-refractivity contribution in [3.63, 3.8) is 0 Å². The van der Waals surface area contributed by atoms with Gasteiger partial charge in [-0.2, -0.15) is 0 Å². The van der Waals surface area contributed by atoms with E-state index in [4.69, 9.17) is 15.2 Å². The summed E-state index contributed by atoms with van der Waals surface area (Å²) >= 11 is 0. The Labute approximate surface area is 102 Å². The van der Waals surface area contributed by atoms with Crippen LogP contribution in [-0.2, 0) is 0 Å². The van der Waals surface area contributed by atoms with Crippen LogP contribution in [0.2, 0.25) is 0 Å². The molecule has 0 saturated carbocycles. The molecule has 1 atom stereocenters. The zero-order chi connectivity index (χ0) is 13.0. The Hall–Kier alpha value is -1.26. The van der Waals surface area contributed by atoms with Gasteiger partial charge in [-0.25, -0.2) is 0 Å². The minimum Gasteiger partial charge on any atom is -0.496 e. The predicted octanol–water partition coefficient (Wildman–Crippen LogP) is 1.82. The quantitative estimate of drug-likeness (QED) is 0.822. The highest BCUT2D eigenvalue weighted by atomic mass is 16.5. The van der Waals surface area contributed by atoms with Gasteiger partial charge in [-0.3, -0.25) is 0 Å². The lowest BCUT2D eigenvalue weighted by Gasteiger charge is -2.22. The first-order valence-electron chi connectivity index (χ1n) is 5.68. The molecule has 3 N–H and O–H groups in total. The average Bonchev–Trinajstić information content (AvgIpc) is 2.35. The maximum absolute atomic E-state index is 9.26. The SMILES string of the molecule is COc1ccc(OC)c(C(N)CO)c1C(C)C. The Morgan fingerprint density at radius 2 is 1.59 bits per heavy atom. The van der Waals surface area contributed by atoms with Gasteiger partial charge in [-0.05, 0) is 18.1 Å². The zero-order valence-electron chi connectivity index (χ0n) is 10.9. The molecule has 0 aliphatic heterocycles. The second-order valence-electron chi connectivity index (χ2n) is 4.24. The Kier molecular flexibility index (Phi) is 4.78. The molecule has 1 unspecified atom stereocenters. The molecule has 0 aliphatic carbocycles. The van der Waals surface area contributed by atoms with E-state index in [-0.39, 0.29) is 12.5 Å². The first kappa shape index (κ1) is 13.8. The fourth-order valence-electron chi connectivity index (χ4n) is 2.02. The summed E-state index contributed by atoms with van der Waals surface area (Å²) in [5, 5.41) is 9.26. The fourth-order valence-corrected chi connectivity index (χ4v) is 2.02. The second-order valence-corrected chi connectivity index (χ2v) is 4.24. The second kappa shape index (κ2) is 5.89. The molecule has 0 bridgehead atoms. The molecule has 0 fully saturated rings. The third-order valence-corrected chi connectivity index (χ3v) is 2.79. The molecule has 96 valence electrons. The van der Waals surface area contributed by atoms with Gasteiger partial charge in [0.1, 0.15) is 11.5 Å². The van der Waals surface area contributed by atoms with Crippen LogP contribution >= 0.6 is 0 Å². The van der Waals surface area contributed by atoms with Gasteiger partial charge in [0.2, 0.25) is 0 Å². The maximum atomic E-state index is 9.26. The Balaban J connectivity index is 3.46. The van der Waals surface area contributed by atoms with E-state index in [1.807, 2.05) is 12.1 Å². The molecule has 0 aromatic heterocycles. The molecule has 1 aromatic rings. The Bertz CT molecular complexity index is 377. The molecule has 0 amide bonds. The monoisotopic (exact) mass is 239 g/mol. The highest BCUT2D eigenvalue weighted by Gasteiger charge is 2.21. The number of aliphatic hydroxyl groups is 1. The van der Waals surface area contributed by atoms with E-state index < -0.39 is 6.04 Å². The van der Waals surface area contributed by atoms with Gasteiger partial charge in [0.05, 0.1) is 26.9 Å². The number of hydrogen-bond donors (Lipinski definition) is 2. The van der Waals surface area contributed by atoms with Gasteiger partial charge in [0, 0.05) is 11.1 Å². The predicted molar refractivity (Wildman–Crippen MR) is 67.6 cm³/mol. The van der Waals surface area contributed by atoms with Crippen molar-refractivity contribution in [2.45, 2.75) is 25.8 Å². The van der Waals surface area contributed by atoms with Gasteiger partial charge in [-0.1, -0.05) is 13.8 Å². The average molecular weight is 239 g/mol. The van der Waals surface area contributed by atoms with Gasteiger partial charge in [0.15, 0.2) is 0 Å². The van der Waals surface area contributed by atoms with Crippen LogP contribution in [-0.4, -0.2) is 25.9 Å². The number of aliphatic hydroxyl groups excluding tert-OH is 1. The smallest absolute Gasteiger partial charge is 0.124 e. The summed E-state index contributed by atoms with van der Waals surface area (Å²) in [5.41, 5.74) is 7.76. The van der Waals surface area contributed by atoms with Crippen molar-refractivity contribution in [2.75, 3.05) is 20.8 Å². The van der Waals surface area contributed by atoms with Crippen LogP contribution in [0.15, 0.2) is 12.1 Å². The summed E-state index contributed by atoms with van der Waals surface area (Å²) in [4.78, 5) is 0. The van der Waals surface area contributed by atoms with Crippen molar-refractivity contribution in [2.24, 2.45) is 5.73 Å². The van der Waals surface area contributed by atoms with E-state index in [1.165, 1.54) is 0 Å². The minimum absolute atomic E-state index is 0.122. The van der Waals surface area contributed by atoms with Crippen molar-refractivity contribution < 1.29 is 14.6 Å². The molecule has 17 heavy (non-hydrogen) atoms. The standard InChI is InChI=1S/C13H21NO3/c1-8(2)12-10(16-3)5-6-11(17-4)13(12)9(14)7-15/h5-6,8-9,15H,7,14H2,1-4H3. The number of methoxy groups -OCH3 is 2. The molecule has 0 spiro atoms. The molecule has 0 radical (unpaired) electrons. The third-order valence-electron chi connectivity index (χ3n) is 2.79. The third kappa shape index (κ3) is 2.70. The molecule has 0 saturated heterocycles. The summed E-state index contributed by atoms with van der Waals surface area (Å²) in [7, 11) is 3.22. The van der Waals surface area contributed by atoms with Crippen molar-refractivity contribution in [1.29, 1.82) is 0 Å². The number of rotatable bonds is 5. The lowest BCUT2D eigenvalue weighted by atomic mass is 9.91. The first-order valence-corrected chi connectivity index (χ1v) is 5.68. The Morgan fingerprint density at radius 1 is 1.12 bits per heavy atom. The highest BCUT2D eigenvalue weighted by Crippen LogP contribution is 2.38. The molecule has 1 aromatic carbocycles. The lowest BCUT2D eigenvalue weighted by Crippen LogP contribution is -2.18. The summed E-state index contributed by atoms with van der Waals surface area (Å²) in [6, 6.07) is 3.22. The number of ether oxygens (including phenoxy) is 2. The van der Waals surface area contributed by atoms with Crippen LogP contribution in [0, 0.1) is 0 Å². The molecule has 4 nitrogen and oxygen atoms in total. The highest BCUT2D eigenvalue weighted by molar-refractivity contribution is 5.51. The molecule has 0 aliphatic rings. The molecule has 4 heteroatoms. The van der Waals surface area contributed by atoms with Crippen molar-refractivity contribution in [1.82, 2.24) is 0 Å². The molecule has 0 heterocycles. The van der Waals surface area contributed by atoms with Crippen LogP contribution < -0.4 is 15.2 Å². The van der Waals surface area contributed by atoms with E-state index in [9.17, 15) is 5.11 Å². The van der Waals surface area contributed by atoms with E-state index in [1.54, 1.807) is 14.2 Å². The summed E-state index contributed by atoms with van der Waals surface area (Å²) in [6.07, 6.45) is 0. The fraction of sp³-hybridized carbons (Fsp3) is 0.538. The van der Waals surface area contributed by atoms with Gasteiger partial charge in [0.25, 0.3) is 0 Å². The van der Waals surface area contributed by atoms with E-state index in [0.717, 1.165) is 16.9 Å². The van der Waals surface area contributed by atoms with Crippen LogP contribution in [0.25, 0.3) is 0 Å².